The standard InChI is InChI=1S/C16H14F3N3O2/c1-9-10(14(23)20-2)5-3-7-12(9)22-15(24)11-6-4-8-21-13(11)16(17,18)19/h3-8H,1-2H3,(H,20,23)(H,22,24). The van der Waals surface area contributed by atoms with Crippen molar-refractivity contribution in [2.24, 2.45) is 0 Å². The lowest BCUT2D eigenvalue weighted by molar-refractivity contribution is -0.141. The van der Waals surface area contributed by atoms with E-state index in [0.717, 1.165) is 12.3 Å². The monoisotopic (exact) mass is 337 g/mol. The van der Waals surface area contributed by atoms with Gasteiger partial charge in [-0.2, -0.15) is 13.2 Å². The van der Waals surface area contributed by atoms with Gasteiger partial charge < -0.3 is 10.6 Å². The molecule has 0 atom stereocenters. The van der Waals surface area contributed by atoms with Crippen LogP contribution in [0.4, 0.5) is 18.9 Å². The molecule has 2 amide bonds. The van der Waals surface area contributed by atoms with E-state index in [4.69, 9.17) is 0 Å². The number of halogens is 3. The number of rotatable bonds is 3. The molecule has 1 aromatic heterocycles. The first-order valence-corrected chi connectivity index (χ1v) is 6.91. The zero-order chi connectivity index (χ0) is 17.9. The van der Waals surface area contributed by atoms with Crippen molar-refractivity contribution in [2.45, 2.75) is 13.1 Å². The summed E-state index contributed by atoms with van der Waals surface area (Å²) in [5.41, 5.74) is -0.837. The summed E-state index contributed by atoms with van der Waals surface area (Å²) in [5, 5.41) is 4.85. The first kappa shape index (κ1) is 17.5. The summed E-state index contributed by atoms with van der Waals surface area (Å²) >= 11 is 0. The number of anilines is 1. The number of benzene rings is 1. The Bertz CT molecular complexity index is 788. The van der Waals surface area contributed by atoms with Crippen molar-refractivity contribution in [3.63, 3.8) is 0 Å². The number of amides is 2. The maximum atomic E-state index is 12.9. The van der Waals surface area contributed by atoms with Crippen molar-refractivity contribution >= 4 is 17.5 Å². The Morgan fingerprint density at radius 2 is 1.71 bits per heavy atom. The van der Waals surface area contributed by atoms with Gasteiger partial charge in [0.2, 0.25) is 0 Å². The van der Waals surface area contributed by atoms with E-state index in [1.54, 1.807) is 13.0 Å². The molecule has 0 aliphatic carbocycles. The summed E-state index contributed by atoms with van der Waals surface area (Å²) in [4.78, 5) is 27.2. The van der Waals surface area contributed by atoms with Gasteiger partial charge >= 0.3 is 6.18 Å². The van der Waals surface area contributed by atoms with Gasteiger partial charge in [-0.05, 0) is 36.8 Å². The van der Waals surface area contributed by atoms with E-state index in [1.165, 1.54) is 25.2 Å². The highest BCUT2D eigenvalue weighted by atomic mass is 19.4. The molecule has 1 aromatic carbocycles. The minimum atomic E-state index is -4.74. The van der Waals surface area contributed by atoms with Gasteiger partial charge in [-0.1, -0.05) is 6.07 Å². The highest BCUT2D eigenvalue weighted by molar-refractivity contribution is 6.06. The second kappa shape index (κ2) is 6.69. The van der Waals surface area contributed by atoms with Crippen molar-refractivity contribution in [1.29, 1.82) is 0 Å². The Morgan fingerprint density at radius 3 is 2.33 bits per heavy atom. The van der Waals surface area contributed by atoms with Crippen LogP contribution in [0.3, 0.4) is 0 Å². The maximum absolute atomic E-state index is 12.9. The SMILES string of the molecule is CNC(=O)c1cccc(NC(=O)c2cccnc2C(F)(F)F)c1C. The van der Waals surface area contributed by atoms with Gasteiger partial charge in [-0.15, -0.1) is 0 Å². The van der Waals surface area contributed by atoms with Crippen LogP contribution in [0, 0.1) is 6.92 Å². The Labute approximate surface area is 135 Å². The lowest BCUT2D eigenvalue weighted by atomic mass is 10.1. The van der Waals surface area contributed by atoms with Crippen LogP contribution in [0.25, 0.3) is 0 Å². The van der Waals surface area contributed by atoms with Gasteiger partial charge in [0.25, 0.3) is 11.8 Å². The summed E-state index contributed by atoms with van der Waals surface area (Å²) in [7, 11) is 1.46. The van der Waals surface area contributed by atoms with Gasteiger partial charge in [0.15, 0.2) is 5.69 Å². The number of hydrogen-bond donors (Lipinski definition) is 2. The van der Waals surface area contributed by atoms with E-state index >= 15 is 0 Å². The number of nitrogens with one attached hydrogen (secondary N) is 2. The third-order valence-electron chi connectivity index (χ3n) is 3.37. The van der Waals surface area contributed by atoms with E-state index < -0.39 is 23.3 Å². The van der Waals surface area contributed by atoms with Crippen LogP contribution in [0.5, 0.6) is 0 Å². The van der Waals surface area contributed by atoms with Crippen LogP contribution in [0.15, 0.2) is 36.5 Å². The summed E-state index contributed by atoms with van der Waals surface area (Å²) in [6, 6.07) is 6.88. The number of nitrogens with zero attached hydrogens (tertiary/aromatic N) is 1. The molecule has 126 valence electrons. The average molecular weight is 337 g/mol. The highest BCUT2D eigenvalue weighted by Crippen LogP contribution is 2.30. The quantitative estimate of drug-likeness (QED) is 0.904. The van der Waals surface area contributed by atoms with Gasteiger partial charge in [0.05, 0.1) is 5.56 Å². The fraction of sp³-hybridized carbons (Fsp3) is 0.188. The molecule has 8 heteroatoms. The molecule has 0 aliphatic heterocycles. The van der Waals surface area contributed by atoms with Crippen molar-refractivity contribution in [3.8, 4) is 0 Å². The summed E-state index contributed by atoms with van der Waals surface area (Å²) in [5.74, 6) is -1.31. The minimum Gasteiger partial charge on any atom is -0.355 e. The summed E-state index contributed by atoms with van der Waals surface area (Å²) in [6.07, 6.45) is -3.77. The van der Waals surface area contributed by atoms with Crippen LogP contribution >= 0.6 is 0 Å². The number of alkyl halides is 3. The predicted molar refractivity (Wildman–Crippen MR) is 81.8 cm³/mol. The van der Waals surface area contributed by atoms with Crippen molar-refractivity contribution in [1.82, 2.24) is 10.3 Å². The van der Waals surface area contributed by atoms with Crippen molar-refractivity contribution in [2.75, 3.05) is 12.4 Å². The predicted octanol–water partition coefficient (Wildman–Crippen LogP) is 3.02. The Hall–Kier alpha value is -2.90. The van der Waals surface area contributed by atoms with Crippen LogP contribution in [0.2, 0.25) is 0 Å². The largest absolute Gasteiger partial charge is 0.434 e. The molecule has 0 saturated carbocycles. The molecule has 2 rings (SSSR count). The molecule has 0 saturated heterocycles. The molecule has 2 aromatic rings. The van der Waals surface area contributed by atoms with Gasteiger partial charge in [-0.25, -0.2) is 0 Å². The summed E-state index contributed by atoms with van der Waals surface area (Å²) < 4.78 is 38.8. The maximum Gasteiger partial charge on any atom is 0.434 e. The van der Waals surface area contributed by atoms with Crippen molar-refractivity contribution < 1.29 is 22.8 Å². The topological polar surface area (TPSA) is 71.1 Å². The Balaban J connectivity index is 2.37. The van der Waals surface area contributed by atoms with Crippen molar-refractivity contribution in [3.05, 3.63) is 58.9 Å². The smallest absolute Gasteiger partial charge is 0.355 e. The average Bonchev–Trinajstić information content (AvgIpc) is 2.55. The van der Waals surface area contributed by atoms with E-state index in [0.29, 0.717) is 11.1 Å². The van der Waals surface area contributed by atoms with E-state index in [1.807, 2.05) is 0 Å². The second-order valence-electron chi connectivity index (χ2n) is 4.91. The van der Waals surface area contributed by atoms with Crippen LogP contribution in [0.1, 0.15) is 32.0 Å². The third-order valence-corrected chi connectivity index (χ3v) is 3.37. The van der Waals surface area contributed by atoms with E-state index in [-0.39, 0.29) is 11.6 Å². The molecule has 0 bridgehead atoms. The molecule has 24 heavy (non-hydrogen) atoms. The highest BCUT2D eigenvalue weighted by Gasteiger charge is 2.37. The number of carbonyl (C=O) groups is 2. The Kier molecular flexibility index (Phi) is 4.87. The molecule has 0 radical (unpaired) electrons. The van der Waals surface area contributed by atoms with E-state index in [2.05, 4.69) is 15.6 Å². The van der Waals surface area contributed by atoms with Gasteiger partial charge in [0.1, 0.15) is 0 Å². The minimum absolute atomic E-state index is 0.248. The summed E-state index contributed by atoms with van der Waals surface area (Å²) in [6.45, 7) is 1.59. The molecule has 2 N–H and O–H groups in total. The third kappa shape index (κ3) is 3.53. The second-order valence-corrected chi connectivity index (χ2v) is 4.91. The normalized spacial score (nSPS) is 11.0. The fourth-order valence-electron chi connectivity index (χ4n) is 2.16. The van der Waals surface area contributed by atoms with Crippen LogP contribution < -0.4 is 10.6 Å². The van der Waals surface area contributed by atoms with Crippen LogP contribution in [-0.4, -0.2) is 23.8 Å². The zero-order valence-corrected chi connectivity index (χ0v) is 12.9. The van der Waals surface area contributed by atoms with E-state index in [9.17, 15) is 22.8 Å². The first-order valence-electron chi connectivity index (χ1n) is 6.91. The molecule has 0 spiro atoms. The number of pyridine rings is 1. The molecular weight excluding hydrogens is 323 g/mol. The molecule has 0 aliphatic rings. The number of carbonyl (C=O) groups excluding carboxylic acids is 2. The lowest BCUT2D eigenvalue weighted by Crippen LogP contribution is -2.22. The van der Waals surface area contributed by atoms with Crippen LogP contribution in [-0.2, 0) is 6.18 Å². The van der Waals surface area contributed by atoms with Gasteiger partial charge in [-0.3, -0.25) is 14.6 Å². The molecule has 0 unspecified atom stereocenters. The number of hydrogen-bond acceptors (Lipinski definition) is 3. The molecule has 0 fully saturated rings. The molecular formula is C16H14F3N3O2. The molecule has 1 heterocycles. The number of aromatic nitrogens is 1. The zero-order valence-electron chi connectivity index (χ0n) is 12.9. The fourth-order valence-corrected chi connectivity index (χ4v) is 2.16. The Morgan fingerprint density at radius 1 is 1.04 bits per heavy atom. The molecule has 5 nitrogen and oxygen atoms in total. The van der Waals surface area contributed by atoms with Gasteiger partial charge in [0, 0.05) is 24.5 Å². The lowest BCUT2D eigenvalue weighted by Gasteiger charge is -2.14. The first-order chi connectivity index (χ1) is 11.3.